The fraction of sp³-hybridized carbons (Fsp3) is 0.640. The number of amides is 4. The molecule has 208 valence electrons. The van der Waals surface area contributed by atoms with E-state index in [-0.39, 0.29) is 24.0 Å². The number of hydrogen-bond donors (Lipinski definition) is 4. The summed E-state index contributed by atoms with van der Waals surface area (Å²) in [6.07, 6.45) is 6.50. The molecule has 1 fully saturated rings. The van der Waals surface area contributed by atoms with Crippen molar-refractivity contribution in [1.82, 2.24) is 21.3 Å². The highest BCUT2D eigenvalue weighted by atomic mass is 33.1. The van der Waals surface area contributed by atoms with E-state index in [1.807, 2.05) is 12.3 Å². The SMILES string of the molecule is C/C=C1\NC(=O)[C@@H](C)NC(=O)[C@H](C(C)C)NC(=O)C[C@@H](/C=C/CCSSC)OC(=O)[C@H](C(C)C)NC1=O. The molecule has 12 heteroatoms. The fourth-order valence-corrected chi connectivity index (χ4v) is 4.54. The van der Waals surface area contributed by atoms with E-state index in [0.29, 0.717) is 6.42 Å². The second-order valence-electron chi connectivity index (χ2n) is 9.29. The zero-order chi connectivity index (χ0) is 28.1. The van der Waals surface area contributed by atoms with Crippen LogP contribution in [0.5, 0.6) is 0 Å². The summed E-state index contributed by atoms with van der Waals surface area (Å²) in [6, 6.07) is -2.91. The van der Waals surface area contributed by atoms with Crippen LogP contribution in [0.15, 0.2) is 23.9 Å². The topological polar surface area (TPSA) is 143 Å². The van der Waals surface area contributed by atoms with Crippen molar-refractivity contribution in [3.8, 4) is 0 Å². The second-order valence-corrected chi connectivity index (χ2v) is 12.0. The van der Waals surface area contributed by atoms with Gasteiger partial charge in [-0.1, -0.05) is 61.4 Å². The van der Waals surface area contributed by atoms with E-state index in [9.17, 15) is 24.0 Å². The van der Waals surface area contributed by atoms with Gasteiger partial charge in [0.2, 0.25) is 17.7 Å². The summed E-state index contributed by atoms with van der Waals surface area (Å²) in [5.74, 6) is -2.78. The van der Waals surface area contributed by atoms with Gasteiger partial charge in [-0.3, -0.25) is 19.2 Å². The normalized spacial score (nSPS) is 26.2. The minimum absolute atomic E-state index is 0.0619. The lowest BCUT2D eigenvalue weighted by Gasteiger charge is -2.27. The lowest BCUT2D eigenvalue weighted by molar-refractivity contribution is -0.153. The molecule has 1 heterocycles. The van der Waals surface area contributed by atoms with E-state index >= 15 is 0 Å². The number of hydrogen-bond acceptors (Lipinski definition) is 8. The minimum atomic E-state index is -1.01. The van der Waals surface area contributed by atoms with Crippen LogP contribution >= 0.6 is 21.6 Å². The van der Waals surface area contributed by atoms with E-state index in [1.165, 1.54) is 13.0 Å². The highest BCUT2D eigenvalue weighted by Crippen LogP contribution is 2.18. The summed E-state index contributed by atoms with van der Waals surface area (Å²) in [4.78, 5) is 64.4. The summed E-state index contributed by atoms with van der Waals surface area (Å²) in [5.41, 5.74) is -0.0619. The number of carbonyl (C=O) groups is 5. The zero-order valence-electron chi connectivity index (χ0n) is 22.6. The first-order chi connectivity index (χ1) is 17.4. The van der Waals surface area contributed by atoms with Crippen molar-refractivity contribution in [3.63, 3.8) is 0 Å². The Morgan fingerprint density at radius 1 is 0.973 bits per heavy atom. The highest BCUT2D eigenvalue weighted by Gasteiger charge is 2.32. The first kappa shape index (κ1) is 32.6. The molecular formula is C25H40N4O6S2. The molecule has 0 unspecified atom stereocenters. The van der Waals surface area contributed by atoms with Gasteiger partial charge in [-0.25, -0.2) is 4.79 Å². The molecule has 0 bridgehead atoms. The van der Waals surface area contributed by atoms with Crippen molar-refractivity contribution in [2.75, 3.05) is 12.0 Å². The Morgan fingerprint density at radius 3 is 2.19 bits per heavy atom. The summed E-state index contributed by atoms with van der Waals surface area (Å²) in [5, 5.41) is 10.4. The molecule has 0 spiro atoms. The van der Waals surface area contributed by atoms with Crippen molar-refractivity contribution in [2.24, 2.45) is 11.8 Å². The van der Waals surface area contributed by atoms with Gasteiger partial charge >= 0.3 is 5.97 Å². The number of rotatable bonds is 7. The molecule has 10 nitrogen and oxygen atoms in total. The van der Waals surface area contributed by atoms with Gasteiger partial charge < -0.3 is 26.0 Å². The maximum absolute atomic E-state index is 13.1. The number of nitrogens with one attached hydrogen (secondary N) is 4. The van der Waals surface area contributed by atoms with Gasteiger partial charge in [-0.2, -0.15) is 0 Å². The lowest BCUT2D eigenvalue weighted by Crippen LogP contribution is -2.56. The third kappa shape index (κ3) is 11.2. The monoisotopic (exact) mass is 556 g/mol. The molecule has 0 aromatic rings. The van der Waals surface area contributed by atoms with E-state index in [0.717, 1.165) is 5.75 Å². The predicted octanol–water partition coefficient (Wildman–Crippen LogP) is 2.07. The molecule has 4 N–H and O–H groups in total. The van der Waals surface area contributed by atoms with E-state index < -0.39 is 53.8 Å². The first-order valence-corrected chi connectivity index (χ1v) is 15.0. The number of allylic oxidation sites excluding steroid dienone is 2. The maximum Gasteiger partial charge on any atom is 0.329 e. The predicted molar refractivity (Wildman–Crippen MR) is 147 cm³/mol. The zero-order valence-corrected chi connectivity index (χ0v) is 24.2. The molecule has 1 aliphatic rings. The fourth-order valence-electron chi connectivity index (χ4n) is 3.36. The Hall–Kier alpha value is -2.47. The molecule has 0 radical (unpaired) electrons. The molecule has 1 aliphatic heterocycles. The van der Waals surface area contributed by atoms with Crippen LogP contribution in [0.4, 0.5) is 0 Å². The molecule has 0 aliphatic carbocycles. The van der Waals surface area contributed by atoms with Crippen LogP contribution in [0.2, 0.25) is 0 Å². The van der Waals surface area contributed by atoms with E-state index in [2.05, 4.69) is 21.3 Å². The molecule has 4 amide bonds. The van der Waals surface area contributed by atoms with Crippen LogP contribution in [0, 0.1) is 11.8 Å². The highest BCUT2D eigenvalue weighted by molar-refractivity contribution is 8.76. The Bertz CT molecular complexity index is 890. The van der Waals surface area contributed by atoms with Gasteiger partial charge in [0.1, 0.15) is 29.9 Å². The van der Waals surface area contributed by atoms with Crippen LogP contribution in [0.3, 0.4) is 0 Å². The van der Waals surface area contributed by atoms with Crippen molar-refractivity contribution in [3.05, 3.63) is 23.9 Å². The molecule has 0 saturated carbocycles. The van der Waals surface area contributed by atoms with Crippen LogP contribution < -0.4 is 21.3 Å². The Labute approximate surface area is 227 Å². The smallest absolute Gasteiger partial charge is 0.329 e. The molecule has 1 saturated heterocycles. The van der Waals surface area contributed by atoms with Gasteiger partial charge in [-0.15, -0.1) is 0 Å². The molecule has 37 heavy (non-hydrogen) atoms. The first-order valence-electron chi connectivity index (χ1n) is 12.3. The third-order valence-corrected chi connectivity index (χ3v) is 7.35. The summed E-state index contributed by atoms with van der Waals surface area (Å²) in [6.45, 7) is 10.1. The molecule has 4 atom stereocenters. The molecule has 0 aromatic carbocycles. The van der Waals surface area contributed by atoms with Crippen LogP contribution in [0.1, 0.15) is 54.4 Å². The summed E-state index contributed by atoms with van der Waals surface area (Å²) >= 11 is 0. The van der Waals surface area contributed by atoms with Crippen molar-refractivity contribution < 1.29 is 28.7 Å². The second kappa shape index (κ2) is 16.4. The minimum Gasteiger partial charge on any atom is -0.456 e. The van der Waals surface area contributed by atoms with Crippen LogP contribution in [-0.4, -0.2) is 65.8 Å². The van der Waals surface area contributed by atoms with Crippen molar-refractivity contribution >= 4 is 51.2 Å². The summed E-state index contributed by atoms with van der Waals surface area (Å²) in [7, 11) is 3.33. The van der Waals surface area contributed by atoms with Gasteiger partial charge in [0.15, 0.2) is 0 Å². The average Bonchev–Trinajstić information content (AvgIpc) is 2.82. The van der Waals surface area contributed by atoms with Crippen LogP contribution in [0.25, 0.3) is 0 Å². The Morgan fingerprint density at radius 2 is 1.62 bits per heavy atom. The number of cyclic esters (lactones) is 1. The molecular weight excluding hydrogens is 516 g/mol. The van der Waals surface area contributed by atoms with E-state index in [4.69, 9.17) is 4.74 Å². The summed E-state index contributed by atoms with van der Waals surface area (Å²) < 4.78 is 5.66. The quantitative estimate of drug-likeness (QED) is 0.123. The number of esters is 1. The van der Waals surface area contributed by atoms with Gasteiger partial charge in [-0.05, 0) is 44.4 Å². The van der Waals surface area contributed by atoms with E-state index in [1.54, 1.807) is 62.3 Å². The third-order valence-electron chi connectivity index (χ3n) is 5.51. The van der Waals surface area contributed by atoms with Crippen LogP contribution in [-0.2, 0) is 28.7 Å². The number of ether oxygens (including phenoxy) is 1. The van der Waals surface area contributed by atoms with Gasteiger partial charge in [0, 0.05) is 5.75 Å². The molecule has 1 rings (SSSR count). The average molecular weight is 557 g/mol. The molecule has 0 aromatic heterocycles. The van der Waals surface area contributed by atoms with Gasteiger partial charge in [0.05, 0.1) is 6.42 Å². The maximum atomic E-state index is 13.1. The van der Waals surface area contributed by atoms with Crippen molar-refractivity contribution in [2.45, 2.75) is 78.6 Å². The Kier molecular flexibility index (Phi) is 14.4. The number of carbonyl (C=O) groups excluding carboxylic acids is 5. The van der Waals surface area contributed by atoms with Gasteiger partial charge in [0.25, 0.3) is 5.91 Å². The van der Waals surface area contributed by atoms with Crippen molar-refractivity contribution in [1.29, 1.82) is 0 Å². The Balaban J connectivity index is 3.35. The lowest BCUT2D eigenvalue weighted by atomic mass is 10.0. The standard InChI is InChI=1S/C25H40N4O6S2/c1-8-18-23(32)29-21(15(4)5)25(34)35-17(11-9-10-12-37-36-7)13-19(30)28-20(14(2)3)24(33)26-16(6)22(31)27-18/h8-9,11,14-17,20-21H,10,12-13H2,1-7H3,(H,26,33)(H,27,31)(H,28,30)(H,29,32)/b11-9+,18-8-/t16-,17-,20+,21+/m1/s1. The largest absolute Gasteiger partial charge is 0.456 e.